The summed E-state index contributed by atoms with van der Waals surface area (Å²) < 4.78 is 0. The lowest BCUT2D eigenvalue weighted by atomic mass is 9.73. The number of unbranched alkanes of at least 4 members (excludes halogenated alkanes) is 3. The fourth-order valence-corrected chi connectivity index (χ4v) is 3.85. The molecule has 1 saturated heterocycles. The number of likely N-dealkylation sites (tertiary alicyclic amines) is 1. The first-order chi connectivity index (χ1) is 11.0. The average molecular weight is 325 g/mol. The lowest BCUT2D eigenvalue weighted by molar-refractivity contribution is -0.131. The third kappa shape index (κ3) is 5.32. The van der Waals surface area contributed by atoms with Crippen LogP contribution in [0.4, 0.5) is 0 Å². The Kier molecular flexibility index (Phi) is 8.85. The lowest BCUT2D eigenvalue weighted by Crippen LogP contribution is -2.57. The number of aliphatic hydroxyl groups is 1. The molecule has 0 radical (unpaired) electrons. The van der Waals surface area contributed by atoms with Gasteiger partial charge in [0.2, 0.25) is 0 Å². The fourth-order valence-electron chi connectivity index (χ4n) is 3.85. The molecular formula is C19H35NO3. The van der Waals surface area contributed by atoms with Crippen molar-refractivity contribution in [1.29, 1.82) is 0 Å². The molecule has 1 aliphatic heterocycles. The highest BCUT2D eigenvalue weighted by molar-refractivity contribution is 5.81. The minimum absolute atomic E-state index is 0.267. The van der Waals surface area contributed by atoms with Crippen LogP contribution in [0.3, 0.4) is 0 Å². The van der Waals surface area contributed by atoms with Crippen molar-refractivity contribution in [2.24, 2.45) is 0 Å². The van der Waals surface area contributed by atoms with Crippen molar-refractivity contribution in [3.63, 3.8) is 0 Å². The summed E-state index contributed by atoms with van der Waals surface area (Å²) in [6, 6.07) is 0. The van der Waals surface area contributed by atoms with Crippen molar-refractivity contribution in [2.75, 3.05) is 13.1 Å². The number of nitrogens with zero attached hydrogens (tertiary/aromatic N) is 1. The summed E-state index contributed by atoms with van der Waals surface area (Å²) in [4.78, 5) is 13.8. The van der Waals surface area contributed by atoms with Gasteiger partial charge in [-0.1, -0.05) is 52.9 Å². The van der Waals surface area contributed by atoms with Gasteiger partial charge >= 0.3 is 5.97 Å². The van der Waals surface area contributed by atoms with Crippen LogP contribution in [0, 0.1) is 0 Å². The number of carbonyl (C=O) groups is 1. The number of piperidine rings is 1. The largest absolute Gasteiger partial charge is 0.478 e. The SMILES string of the molecule is CCCCN1CCC(O)C(=CC(=O)O)C1(CCCC)CCCC. The standard InChI is InChI=1S/C19H35NO3/c1-4-7-11-19(12-8-5-2)16(15-18(22)23)17(21)10-14-20(19)13-9-6-3/h15,17,21H,4-14H2,1-3H3,(H,22,23). The second-order valence-corrected chi connectivity index (χ2v) is 6.82. The maximum absolute atomic E-state index is 11.4. The number of carboxylic acids is 1. The monoisotopic (exact) mass is 325 g/mol. The number of hydrogen-bond donors (Lipinski definition) is 2. The molecule has 0 aromatic carbocycles. The minimum Gasteiger partial charge on any atom is -0.478 e. The normalized spacial score (nSPS) is 23.3. The molecule has 4 heteroatoms. The fraction of sp³-hybridized carbons (Fsp3) is 0.842. The maximum Gasteiger partial charge on any atom is 0.328 e. The van der Waals surface area contributed by atoms with Gasteiger partial charge in [-0.2, -0.15) is 0 Å². The number of aliphatic hydroxyl groups excluding tert-OH is 1. The molecule has 0 aromatic heterocycles. The van der Waals surface area contributed by atoms with E-state index in [1.54, 1.807) is 0 Å². The van der Waals surface area contributed by atoms with Gasteiger partial charge in [0.15, 0.2) is 0 Å². The van der Waals surface area contributed by atoms with E-state index in [1.165, 1.54) is 6.08 Å². The zero-order valence-electron chi connectivity index (χ0n) is 15.2. The summed E-state index contributed by atoms with van der Waals surface area (Å²) in [5.74, 6) is -0.936. The van der Waals surface area contributed by atoms with Gasteiger partial charge in [-0.15, -0.1) is 0 Å². The summed E-state index contributed by atoms with van der Waals surface area (Å²) in [6.07, 6.45) is 9.79. The summed E-state index contributed by atoms with van der Waals surface area (Å²) in [7, 11) is 0. The third-order valence-electron chi connectivity index (χ3n) is 5.12. The summed E-state index contributed by atoms with van der Waals surface area (Å²) in [5, 5.41) is 19.9. The summed E-state index contributed by atoms with van der Waals surface area (Å²) in [5.41, 5.74) is 0.478. The number of carboxylic acid groups (broad SMARTS) is 1. The Morgan fingerprint density at radius 1 is 1.17 bits per heavy atom. The molecule has 0 amide bonds. The highest BCUT2D eigenvalue weighted by Gasteiger charge is 2.44. The van der Waals surface area contributed by atoms with Gasteiger partial charge < -0.3 is 10.2 Å². The van der Waals surface area contributed by atoms with E-state index in [1.807, 2.05) is 0 Å². The highest BCUT2D eigenvalue weighted by atomic mass is 16.4. The molecule has 134 valence electrons. The van der Waals surface area contributed by atoms with Crippen molar-refractivity contribution in [3.8, 4) is 0 Å². The van der Waals surface area contributed by atoms with Crippen LogP contribution >= 0.6 is 0 Å². The van der Waals surface area contributed by atoms with Gasteiger partial charge in [0.1, 0.15) is 0 Å². The molecule has 2 N–H and O–H groups in total. The number of hydrogen-bond acceptors (Lipinski definition) is 3. The van der Waals surface area contributed by atoms with Crippen LogP contribution < -0.4 is 0 Å². The van der Waals surface area contributed by atoms with Gasteiger partial charge in [-0.05, 0) is 37.8 Å². The van der Waals surface area contributed by atoms with Crippen LogP contribution in [0.1, 0.15) is 78.6 Å². The predicted molar refractivity (Wildman–Crippen MR) is 94.6 cm³/mol. The van der Waals surface area contributed by atoms with Crippen LogP contribution in [0.2, 0.25) is 0 Å². The van der Waals surface area contributed by atoms with Crippen LogP contribution in [0.25, 0.3) is 0 Å². The minimum atomic E-state index is -0.936. The summed E-state index contributed by atoms with van der Waals surface area (Å²) >= 11 is 0. The quantitative estimate of drug-likeness (QED) is 0.596. The zero-order valence-corrected chi connectivity index (χ0v) is 15.2. The van der Waals surface area contributed by atoms with Gasteiger partial charge in [-0.25, -0.2) is 4.79 Å². The van der Waals surface area contributed by atoms with E-state index in [4.69, 9.17) is 0 Å². The second kappa shape index (κ2) is 10.1. The molecule has 0 spiro atoms. The maximum atomic E-state index is 11.4. The third-order valence-corrected chi connectivity index (χ3v) is 5.12. The highest BCUT2D eigenvalue weighted by Crippen LogP contribution is 2.41. The van der Waals surface area contributed by atoms with E-state index >= 15 is 0 Å². The van der Waals surface area contributed by atoms with Crippen LogP contribution in [-0.2, 0) is 4.79 Å². The van der Waals surface area contributed by atoms with E-state index in [9.17, 15) is 15.0 Å². The first kappa shape index (κ1) is 20.2. The number of aliphatic carboxylic acids is 1. The molecular weight excluding hydrogens is 290 g/mol. The molecule has 23 heavy (non-hydrogen) atoms. The van der Waals surface area contributed by atoms with E-state index < -0.39 is 12.1 Å². The van der Waals surface area contributed by atoms with Gasteiger partial charge in [0.05, 0.1) is 6.10 Å². The molecule has 1 rings (SSSR count). The molecule has 0 aliphatic carbocycles. The van der Waals surface area contributed by atoms with E-state index in [0.29, 0.717) is 6.42 Å². The molecule has 0 saturated carbocycles. The van der Waals surface area contributed by atoms with E-state index in [2.05, 4.69) is 25.7 Å². The van der Waals surface area contributed by atoms with Gasteiger partial charge in [-0.3, -0.25) is 4.90 Å². The van der Waals surface area contributed by atoms with Crippen molar-refractivity contribution in [2.45, 2.75) is 90.2 Å². The Hall–Kier alpha value is -0.870. The van der Waals surface area contributed by atoms with Crippen molar-refractivity contribution >= 4 is 5.97 Å². The van der Waals surface area contributed by atoms with Crippen molar-refractivity contribution in [1.82, 2.24) is 4.90 Å². The Balaban J connectivity index is 3.24. The Bertz CT molecular complexity index is 382. The lowest BCUT2D eigenvalue weighted by Gasteiger charge is -2.51. The average Bonchev–Trinajstić information content (AvgIpc) is 2.53. The van der Waals surface area contributed by atoms with E-state index in [-0.39, 0.29) is 5.54 Å². The van der Waals surface area contributed by atoms with Gasteiger partial charge in [0, 0.05) is 18.2 Å². The molecule has 1 atom stereocenters. The second-order valence-electron chi connectivity index (χ2n) is 6.82. The van der Waals surface area contributed by atoms with Crippen molar-refractivity contribution in [3.05, 3.63) is 11.6 Å². The molecule has 1 fully saturated rings. The Morgan fingerprint density at radius 3 is 2.22 bits per heavy atom. The molecule has 0 aromatic rings. The van der Waals surface area contributed by atoms with Crippen LogP contribution in [0.5, 0.6) is 0 Å². The molecule has 1 aliphatic rings. The van der Waals surface area contributed by atoms with Crippen molar-refractivity contribution < 1.29 is 15.0 Å². The van der Waals surface area contributed by atoms with E-state index in [0.717, 1.165) is 70.0 Å². The van der Waals surface area contributed by atoms with Crippen LogP contribution in [-0.4, -0.2) is 45.8 Å². The topological polar surface area (TPSA) is 60.8 Å². The predicted octanol–water partition coefficient (Wildman–Crippen LogP) is 3.98. The Morgan fingerprint density at radius 2 is 1.74 bits per heavy atom. The molecule has 1 heterocycles. The Labute approximate surface area is 141 Å². The molecule has 4 nitrogen and oxygen atoms in total. The smallest absolute Gasteiger partial charge is 0.328 e. The first-order valence-corrected chi connectivity index (χ1v) is 9.39. The summed E-state index contributed by atoms with van der Waals surface area (Å²) in [6.45, 7) is 8.39. The zero-order chi connectivity index (χ0) is 17.3. The first-order valence-electron chi connectivity index (χ1n) is 9.39. The molecule has 1 unspecified atom stereocenters. The number of rotatable bonds is 10. The van der Waals surface area contributed by atoms with Gasteiger partial charge in [0.25, 0.3) is 0 Å². The molecule has 0 bridgehead atoms. The van der Waals surface area contributed by atoms with Crippen LogP contribution in [0.15, 0.2) is 11.6 Å².